The van der Waals surface area contributed by atoms with Crippen molar-refractivity contribution in [2.45, 2.75) is 25.2 Å². The Morgan fingerprint density at radius 3 is 2.42 bits per heavy atom. The molecule has 0 saturated carbocycles. The highest BCUT2D eigenvalue weighted by atomic mass is 35.5. The number of nitrogens with zero attached hydrogens (tertiary/aromatic N) is 1. The van der Waals surface area contributed by atoms with Crippen molar-refractivity contribution < 1.29 is 22.7 Å². The SMILES string of the molecule is COC(=O)CCN(CC(C)C)C(=O)c1ccc(Cl)c(S(C)(=O)=O)c1. The Bertz CT molecular complexity index is 715. The lowest BCUT2D eigenvalue weighted by atomic mass is 10.1. The fraction of sp³-hybridized carbons (Fsp3) is 0.500. The van der Waals surface area contributed by atoms with E-state index in [1.54, 1.807) is 0 Å². The molecule has 24 heavy (non-hydrogen) atoms. The second-order valence-electron chi connectivity index (χ2n) is 5.89. The third-order valence-corrected chi connectivity index (χ3v) is 4.84. The predicted octanol–water partition coefficient (Wildman–Crippen LogP) is 2.40. The first kappa shape index (κ1) is 20.4. The molecule has 0 heterocycles. The van der Waals surface area contributed by atoms with Crippen LogP contribution in [0.1, 0.15) is 30.6 Å². The summed E-state index contributed by atoms with van der Waals surface area (Å²) in [5.41, 5.74) is 0.213. The molecule has 134 valence electrons. The zero-order chi connectivity index (χ0) is 18.5. The fourth-order valence-corrected chi connectivity index (χ4v) is 3.45. The van der Waals surface area contributed by atoms with E-state index >= 15 is 0 Å². The predicted molar refractivity (Wildman–Crippen MR) is 91.9 cm³/mol. The number of hydrogen-bond acceptors (Lipinski definition) is 5. The van der Waals surface area contributed by atoms with Crippen LogP contribution in [0.15, 0.2) is 23.1 Å². The summed E-state index contributed by atoms with van der Waals surface area (Å²) in [6.45, 7) is 4.53. The molecule has 0 aromatic heterocycles. The van der Waals surface area contributed by atoms with Gasteiger partial charge in [-0.05, 0) is 24.1 Å². The highest BCUT2D eigenvalue weighted by molar-refractivity contribution is 7.90. The van der Waals surface area contributed by atoms with Crippen LogP contribution in [-0.4, -0.2) is 51.6 Å². The van der Waals surface area contributed by atoms with E-state index in [1.165, 1.54) is 30.2 Å². The number of carbonyl (C=O) groups excluding carboxylic acids is 2. The van der Waals surface area contributed by atoms with Crippen molar-refractivity contribution in [1.82, 2.24) is 4.90 Å². The van der Waals surface area contributed by atoms with E-state index in [4.69, 9.17) is 11.6 Å². The standard InChI is InChI=1S/C16H22ClNO5S/c1-11(2)10-18(8-7-15(19)23-3)16(20)12-5-6-13(17)14(9-12)24(4,21)22/h5-6,9,11H,7-8,10H2,1-4H3. The van der Waals surface area contributed by atoms with Gasteiger partial charge in [0.15, 0.2) is 9.84 Å². The number of hydrogen-bond donors (Lipinski definition) is 0. The molecule has 0 aliphatic heterocycles. The molecule has 8 heteroatoms. The Hall–Kier alpha value is -1.60. The van der Waals surface area contributed by atoms with Gasteiger partial charge in [0.2, 0.25) is 0 Å². The first-order chi connectivity index (χ1) is 11.1. The number of amides is 1. The monoisotopic (exact) mass is 375 g/mol. The smallest absolute Gasteiger partial charge is 0.307 e. The van der Waals surface area contributed by atoms with Gasteiger partial charge in [0.1, 0.15) is 0 Å². The molecule has 0 radical (unpaired) electrons. The van der Waals surface area contributed by atoms with Crippen molar-refractivity contribution in [3.05, 3.63) is 28.8 Å². The summed E-state index contributed by atoms with van der Waals surface area (Å²) >= 11 is 5.91. The molecule has 0 unspecified atom stereocenters. The van der Waals surface area contributed by atoms with Crippen LogP contribution in [0.5, 0.6) is 0 Å². The lowest BCUT2D eigenvalue weighted by Gasteiger charge is -2.24. The highest BCUT2D eigenvalue weighted by Crippen LogP contribution is 2.23. The van der Waals surface area contributed by atoms with Gasteiger partial charge in [-0.2, -0.15) is 0 Å². The number of esters is 1. The minimum absolute atomic E-state index is 0.0685. The Balaban J connectivity index is 3.11. The van der Waals surface area contributed by atoms with Gasteiger partial charge in [0.25, 0.3) is 5.91 Å². The maximum absolute atomic E-state index is 12.7. The molecule has 0 spiro atoms. The van der Waals surface area contributed by atoms with Crippen LogP contribution in [0.4, 0.5) is 0 Å². The van der Waals surface area contributed by atoms with E-state index in [2.05, 4.69) is 4.74 Å². The van der Waals surface area contributed by atoms with Gasteiger partial charge in [0, 0.05) is 24.9 Å². The number of methoxy groups -OCH3 is 1. The summed E-state index contributed by atoms with van der Waals surface area (Å²) in [6, 6.07) is 4.13. The first-order valence-electron chi connectivity index (χ1n) is 7.42. The minimum atomic E-state index is -3.54. The van der Waals surface area contributed by atoms with Gasteiger partial charge in [-0.25, -0.2) is 8.42 Å². The average Bonchev–Trinajstić information content (AvgIpc) is 2.49. The molecular formula is C16H22ClNO5S. The van der Waals surface area contributed by atoms with Crippen LogP contribution in [0, 0.1) is 5.92 Å². The van der Waals surface area contributed by atoms with Gasteiger partial charge in [-0.3, -0.25) is 9.59 Å². The van der Waals surface area contributed by atoms with Crippen molar-refractivity contribution in [2.75, 3.05) is 26.5 Å². The van der Waals surface area contributed by atoms with Crippen LogP contribution < -0.4 is 0 Å². The topological polar surface area (TPSA) is 80.8 Å². The van der Waals surface area contributed by atoms with E-state index in [0.717, 1.165) is 6.26 Å². The maximum atomic E-state index is 12.7. The van der Waals surface area contributed by atoms with E-state index < -0.39 is 15.8 Å². The van der Waals surface area contributed by atoms with Crippen molar-refractivity contribution in [2.24, 2.45) is 5.92 Å². The molecule has 0 N–H and O–H groups in total. The minimum Gasteiger partial charge on any atom is -0.469 e. The molecule has 0 fully saturated rings. The molecule has 1 rings (SSSR count). The summed E-state index contributed by atoms with van der Waals surface area (Å²) in [7, 11) is -2.26. The third-order valence-electron chi connectivity index (χ3n) is 3.26. The molecule has 0 bridgehead atoms. The molecule has 0 aliphatic rings. The quantitative estimate of drug-likeness (QED) is 0.683. The van der Waals surface area contributed by atoms with E-state index in [0.29, 0.717) is 6.54 Å². The van der Waals surface area contributed by atoms with Crippen molar-refractivity contribution in [3.8, 4) is 0 Å². The number of rotatable bonds is 7. The van der Waals surface area contributed by atoms with Gasteiger partial charge in [0.05, 0.1) is 23.4 Å². The summed E-state index contributed by atoms with van der Waals surface area (Å²) in [4.78, 5) is 25.5. The number of carbonyl (C=O) groups is 2. The summed E-state index contributed by atoms with van der Waals surface area (Å²) in [6.07, 6.45) is 1.10. The Morgan fingerprint density at radius 1 is 1.29 bits per heavy atom. The van der Waals surface area contributed by atoms with E-state index in [-0.39, 0.29) is 40.3 Å². The average molecular weight is 376 g/mol. The first-order valence-corrected chi connectivity index (χ1v) is 9.69. The molecule has 0 atom stereocenters. The summed E-state index contributed by atoms with van der Waals surface area (Å²) in [5.74, 6) is -0.577. The molecule has 6 nitrogen and oxygen atoms in total. The number of benzene rings is 1. The van der Waals surface area contributed by atoms with Crippen molar-refractivity contribution >= 4 is 33.3 Å². The van der Waals surface area contributed by atoms with Crippen LogP contribution in [-0.2, 0) is 19.4 Å². The maximum Gasteiger partial charge on any atom is 0.307 e. The van der Waals surface area contributed by atoms with Crippen LogP contribution in [0.3, 0.4) is 0 Å². The van der Waals surface area contributed by atoms with Crippen LogP contribution >= 0.6 is 11.6 Å². The van der Waals surface area contributed by atoms with Gasteiger partial charge in [-0.1, -0.05) is 25.4 Å². The highest BCUT2D eigenvalue weighted by Gasteiger charge is 2.21. The van der Waals surface area contributed by atoms with Gasteiger partial charge >= 0.3 is 5.97 Å². The van der Waals surface area contributed by atoms with Gasteiger partial charge < -0.3 is 9.64 Å². The fourth-order valence-electron chi connectivity index (χ4n) is 2.15. The Labute approximate surface area is 147 Å². The number of ether oxygens (including phenoxy) is 1. The summed E-state index contributed by atoms with van der Waals surface area (Å²) in [5, 5.41) is 0.0685. The second-order valence-corrected chi connectivity index (χ2v) is 8.28. The normalized spacial score (nSPS) is 11.4. The van der Waals surface area contributed by atoms with Crippen molar-refractivity contribution in [1.29, 1.82) is 0 Å². The zero-order valence-corrected chi connectivity index (χ0v) is 15.8. The molecule has 0 saturated heterocycles. The van der Waals surface area contributed by atoms with Crippen LogP contribution in [0.25, 0.3) is 0 Å². The second kappa shape index (κ2) is 8.48. The third kappa shape index (κ3) is 5.79. The lowest BCUT2D eigenvalue weighted by Crippen LogP contribution is -2.36. The van der Waals surface area contributed by atoms with E-state index in [9.17, 15) is 18.0 Å². The summed E-state index contributed by atoms with van der Waals surface area (Å²) < 4.78 is 28.1. The number of sulfone groups is 1. The molecule has 1 aromatic carbocycles. The molecule has 1 aromatic rings. The number of halogens is 1. The van der Waals surface area contributed by atoms with Crippen LogP contribution in [0.2, 0.25) is 5.02 Å². The van der Waals surface area contributed by atoms with Crippen molar-refractivity contribution in [3.63, 3.8) is 0 Å². The largest absolute Gasteiger partial charge is 0.469 e. The lowest BCUT2D eigenvalue weighted by molar-refractivity contribution is -0.140. The van der Waals surface area contributed by atoms with Gasteiger partial charge in [-0.15, -0.1) is 0 Å². The Morgan fingerprint density at radius 2 is 1.92 bits per heavy atom. The Kier molecular flexibility index (Phi) is 7.23. The van der Waals surface area contributed by atoms with E-state index in [1.807, 2.05) is 13.8 Å². The molecule has 1 amide bonds. The zero-order valence-electron chi connectivity index (χ0n) is 14.2. The molecule has 0 aliphatic carbocycles. The molecular weight excluding hydrogens is 354 g/mol.